The predicted octanol–water partition coefficient (Wildman–Crippen LogP) is 4.89. The van der Waals surface area contributed by atoms with E-state index < -0.39 is 5.82 Å². The van der Waals surface area contributed by atoms with E-state index in [2.05, 4.69) is 0 Å². The molecule has 2 aromatic rings. The first-order valence-electron chi connectivity index (χ1n) is 7.42. The third-order valence-corrected chi connectivity index (χ3v) is 3.57. The van der Waals surface area contributed by atoms with Crippen LogP contribution in [0.3, 0.4) is 0 Å². The van der Waals surface area contributed by atoms with Crippen LogP contribution in [0.25, 0.3) is 6.08 Å². The van der Waals surface area contributed by atoms with Gasteiger partial charge in [0.25, 0.3) is 0 Å². The summed E-state index contributed by atoms with van der Waals surface area (Å²) in [6.45, 7) is 2.40. The minimum absolute atomic E-state index is 0.00536. The van der Waals surface area contributed by atoms with Crippen LogP contribution in [-0.4, -0.2) is 6.61 Å². The Labute approximate surface area is 150 Å². The standard InChI is InChI=1S/C19H14ClFN2O2/c1-2-24-19-8-13(7-14(10-22)11-23)3-6-18(19)25-12-15-4-5-16(21)9-17(15)20/h3-9H,2,12H2,1H3. The molecule has 0 saturated heterocycles. The zero-order chi connectivity index (χ0) is 18.2. The number of benzene rings is 2. The molecule has 0 unspecified atom stereocenters. The van der Waals surface area contributed by atoms with Crippen molar-refractivity contribution in [2.75, 3.05) is 6.61 Å². The van der Waals surface area contributed by atoms with Crippen molar-refractivity contribution in [1.29, 1.82) is 10.5 Å². The molecule has 25 heavy (non-hydrogen) atoms. The van der Waals surface area contributed by atoms with Crippen molar-refractivity contribution in [2.24, 2.45) is 0 Å². The maximum Gasteiger partial charge on any atom is 0.161 e. The number of allylic oxidation sites excluding steroid dienone is 1. The first-order chi connectivity index (χ1) is 12.1. The molecule has 0 heterocycles. The minimum atomic E-state index is -0.411. The van der Waals surface area contributed by atoms with Crippen molar-refractivity contribution in [3.8, 4) is 23.6 Å². The van der Waals surface area contributed by atoms with Crippen LogP contribution in [-0.2, 0) is 6.61 Å². The van der Waals surface area contributed by atoms with Gasteiger partial charge in [-0.3, -0.25) is 0 Å². The molecule has 6 heteroatoms. The highest BCUT2D eigenvalue weighted by Gasteiger charge is 2.09. The van der Waals surface area contributed by atoms with Gasteiger partial charge in [0.1, 0.15) is 30.1 Å². The summed E-state index contributed by atoms with van der Waals surface area (Å²) < 4.78 is 24.4. The number of nitriles is 2. The third-order valence-electron chi connectivity index (χ3n) is 3.22. The summed E-state index contributed by atoms with van der Waals surface area (Å²) in [5.41, 5.74) is 1.29. The van der Waals surface area contributed by atoms with Crippen LogP contribution in [0.2, 0.25) is 5.02 Å². The van der Waals surface area contributed by atoms with Crippen molar-refractivity contribution in [2.45, 2.75) is 13.5 Å². The fourth-order valence-corrected chi connectivity index (χ4v) is 2.27. The molecule has 0 fully saturated rings. The Morgan fingerprint density at radius 2 is 1.88 bits per heavy atom. The average molecular weight is 357 g/mol. The van der Waals surface area contributed by atoms with Gasteiger partial charge in [-0.15, -0.1) is 0 Å². The third kappa shape index (κ3) is 4.97. The first kappa shape index (κ1) is 18.3. The topological polar surface area (TPSA) is 66.0 Å². The molecule has 0 atom stereocenters. The molecule has 2 rings (SSSR count). The van der Waals surface area contributed by atoms with Gasteiger partial charge < -0.3 is 9.47 Å². The molecular weight excluding hydrogens is 343 g/mol. The Hall–Kier alpha value is -3.02. The Morgan fingerprint density at radius 3 is 2.52 bits per heavy atom. The Kier molecular flexibility index (Phi) is 6.39. The lowest BCUT2D eigenvalue weighted by molar-refractivity contribution is 0.269. The maximum absolute atomic E-state index is 13.1. The molecule has 0 aliphatic rings. The van der Waals surface area contributed by atoms with Crippen molar-refractivity contribution >= 4 is 17.7 Å². The van der Waals surface area contributed by atoms with Gasteiger partial charge in [-0.2, -0.15) is 10.5 Å². The van der Waals surface area contributed by atoms with Crippen LogP contribution in [0.1, 0.15) is 18.1 Å². The van der Waals surface area contributed by atoms with Crippen LogP contribution in [0.5, 0.6) is 11.5 Å². The summed E-state index contributed by atoms with van der Waals surface area (Å²) in [7, 11) is 0. The summed E-state index contributed by atoms with van der Waals surface area (Å²) in [6, 6.07) is 12.8. The number of nitrogens with zero attached hydrogens (tertiary/aromatic N) is 2. The zero-order valence-corrected chi connectivity index (χ0v) is 14.2. The highest BCUT2D eigenvalue weighted by atomic mass is 35.5. The Bertz CT molecular complexity index is 866. The number of hydrogen-bond acceptors (Lipinski definition) is 4. The lowest BCUT2D eigenvalue weighted by Crippen LogP contribution is -2.00. The molecule has 0 bridgehead atoms. The summed E-state index contributed by atoms with van der Waals surface area (Å²) in [6.07, 6.45) is 1.46. The van der Waals surface area contributed by atoms with Crippen LogP contribution in [0.15, 0.2) is 42.0 Å². The van der Waals surface area contributed by atoms with Crippen molar-refractivity contribution in [3.05, 3.63) is 63.9 Å². The van der Waals surface area contributed by atoms with Gasteiger partial charge in [-0.1, -0.05) is 23.7 Å². The average Bonchev–Trinajstić information content (AvgIpc) is 2.60. The van der Waals surface area contributed by atoms with Gasteiger partial charge in [0, 0.05) is 5.56 Å². The number of hydrogen-bond donors (Lipinski definition) is 0. The summed E-state index contributed by atoms with van der Waals surface area (Å²) in [4.78, 5) is 0. The smallest absolute Gasteiger partial charge is 0.161 e. The van der Waals surface area contributed by atoms with Gasteiger partial charge in [-0.05, 0) is 42.8 Å². The highest BCUT2D eigenvalue weighted by Crippen LogP contribution is 2.31. The SMILES string of the molecule is CCOc1cc(C=C(C#N)C#N)ccc1OCc1ccc(F)cc1Cl. The number of ether oxygens (including phenoxy) is 2. The summed E-state index contributed by atoms with van der Waals surface area (Å²) in [5.74, 6) is 0.547. The van der Waals surface area contributed by atoms with Crippen LogP contribution >= 0.6 is 11.6 Å². The van der Waals surface area contributed by atoms with E-state index in [4.69, 9.17) is 31.6 Å². The molecule has 0 N–H and O–H groups in total. The van der Waals surface area contributed by atoms with Crippen molar-refractivity contribution < 1.29 is 13.9 Å². The monoisotopic (exact) mass is 356 g/mol. The maximum atomic E-state index is 13.1. The van der Waals surface area contributed by atoms with Crippen LogP contribution < -0.4 is 9.47 Å². The van der Waals surface area contributed by atoms with Gasteiger partial charge in [0.05, 0.1) is 11.6 Å². The molecule has 0 aliphatic carbocycles. The van der Waals surface area contributed by atoms with Crippen molar-refractivity contribution in [3.63, 3.8) is 0 Å². The Morgan fingerprint density at radius 1 is 1.12 bits per heavy atom. The number of halogens is 2. The van der Waals surface area contributed by atoms with E-state index in [-0.39, 0.29) is 17.2 Å². The minimum Gasteiger partial charge on any atom is -0.490 e. The predicted molar refractivity (Wildman–Crippen MR) is 92.6 cm³/mol. The van der Waals surface area contributed by atoms with E-state index in [9.17, 15) is 4.39 Å². The largest absolute Gasteiger partial charge is 0.490 e. The summed E-state index contributed by atoms with van der Waals surface area (Å²) in [5, 5.41) is 18.0. The molecule has 0 saturated carbocycles. The number of rotatable bonds is 6. The van der Waals surface area contributed by atoms with Gasteiger partial charge >= 0.3 is 0 Å². The quantitative estimate of drug-likeness (QED) is 0.691. The molecule has 0 spiro atoms. The Balaban J connectivity index is 2.24. The van der Waals surface area contributed by atoms with E-state index in [0.717, 1.165) is 0 Å². The second kappa shape index (κ2) is 8.73. The molecular formula is C19H14ClFN2O2. The highest BCUT2D eigenvalue weighted by molar-refractivity contribution is 6.31. The lowest BCUT2D eigenvalue weighted by Gasteiger charge is -2.13. The normalized spacial score (nSPS) is 9.64. The van der Waals surface area contributed by atoms with E-state index in [1.54, 1.807) is 36.4 Å². The van der Waals surface area contributed by atoms with Crippen molar-refractivity contribution in [1.82, 2.24) is 0 Å². The molecule has 0 aliphatic heterocycles. The fraction of sp³-hybridized carbons (Fsp3) is 0.158. The molecule has 0 amide bonds. The van der Waals surface area contributed by atoms with E-state index in [1.807, 2.05) is 6.92 Å². The van der Waals surface area contributed by atoms with E-state index >= 15 is 0 Å². The lowest BCUT2D eigenvalue weighted by atomic mass is 10.1. The second-order valence-electron chi connectivity index (χ2n) is 4.95. The molecule has 0 aromatic heterocycles. The molecule has 4 nitrogen and oxygen atoms in total. The molecule has 2 aromatic carbocycles. The van der Waals surface area contributed by atoms with Gasteiger partial charge in [-0.25, -0.2) is 4.39 Å². The van der Waals surface area contributed by atoms with Gasteiger partial charge in [0.15, 0.2) is 11.5 Å². The molecule has 126 valence electrons. The van der Waals surface area contributed by atoms with Crippen LogP contribution in [0.4, 0.5) is 4.39 Å². The van der Waals surface area contributed by atoms with Gasteiger partial charge in [0.2, 0.25) is 0 Å². The fourth-order valence-electron chi connectivity index (χ4n) is 2.05. The first-order valence-corrected chi connectivity index (χ1v) is 7.80. The zero-order valence-electron chi connectivity index (χ0n) is 13.4. The van der Waals surface area contributed by atoms with E-state index in [0.29, 0.717) is 29.2 Å². The van der Waals surface area contributed by atoms with E-state index in [1.165, 1.54) is 18.2 Å². The molecule has 0 radical (unpaired) electrons. The summed E-state index contributed by atoms with van der Waals surface area (Å²) >= 11 is 5.99. The van der Waals surface area contributed by atoms with Crippen LogP contribution in [0, 0.1) is 28.5 Å². The second-order valence-corrected chi connectivity index (χ2v) is 5.35.